The minimum atomic E-state index is 1.09. The highest BCUT2D eigenvalue weighted by Crippen LogP contribution is 2.42. The van der Waals surface area contributed by atoms with Gasteiger partial charge in [0.05, 0.1) is 5.52 Å². The molecule has 1 aromatic heterocycles. The zero-order valence-corrected chi connectivity index (χ0v) is 12.9. The van der Waals surface area contributed by atoms with Gasteiger partial charge in [-0.15, -0.1) is 11.8 Å². The zero-order chi connectivity index (χ0) is 14.5. The van der Waals surface area contributed by atoms with Crippen LogP contribution in [0.1, 0.15) is 5.69 Å². The molecule has 1 N–H and O–H groups in total. The SMILES string of the molecule is c1ccc2c(c1)SCCc1[nH]c3c(ccc4ccccc43)c1-2. The Hall–Kier alpha value is -2.19. The molecule has 1 nitrogen and oxygen atoms in total. The number of aromatic nitrogens is 1. The molecule has 0 spiro atoms. The minimum Gasteiger partial charge on any atom is -0.357 e. The Kier molecular flexibility index (Phi) is 2.61. The van der Waals surface area contributed by atoms with Crippen molar-refractivity contribution >= 4 is 33.4 Å². The van der Waals surface area contributed by atoms with Gasteiger partial charge in [-0.05, 0) is 23.4 Å². The molecular formula is C20H15NS. The van der Waals surface area contributed by atoms with Crippen LogP contribution in [0.3, 0.4) is 0 Å². The van der Waals surface area contributed by atoms with Crippen molar-refractivity contribution in [1.82, 2.24) is 4.98 Å². The third-order valence-corrected chi connectivity index (χ3v) is 5.62. The molecule has 0 atom stereocenters. The van der Waals surface area contributed by atoms with Crippen LogP contribution >= 0.6 is 11.8 Å². The molecule has 0 aliphatic carbocycles. The predicted octanol–water partition coefficient (Wildman–Crippen LogP) is 5.64. The lowest BCUT2D eigenvalue weighted by Crippen LogP contribution is -1.87. The fourth-order valence-corrected chi connectivity index (χ4v) is 4.57. The van der Waals surface area contributed by atoms with Crippen molar-refractivity contribution in [2.45, 2.75) is 11.3 Å². The average Bonchev–Trinajstić information content (AvgIpc) is 2.84. The molecule has 0 bridgehead atoms. The molecule has 0 amide bonds. The van der Waals surface area contributed by atoms with Crippen LogP contribution in [-0.2, 0) is 6.42 Å². The monoisotopic (exact) mass is 301 g/mol. The topological polar surface area (TPSA) is 15.8 Å². The highest BCUT2D eigenvalue weighted by atomic mass is 32.2. The number of thioether (sulfide) groups is 1. The molecule has 4 aromatic rings. The molecule has 0 saturated carbocycles. The number of nitrogens with one attached hydrogen (secondary N) is 1. The number of rotatable bonds is 0. The molecule has 0 unspecified atom stereocenters. The van der Waals surface area contributed by atoms with Crippen LogP contribution in [0.5, 0.6) is 0 Å². The lowest BCUT2D eigenvalue weighted by molar-refractivity contribution is 1.10. The summed E-state index contributed by atoms with van der Waals surface area (Å²) >= 11 is 1.96. The lowest BCUT2D eigenvalue weighted by Gasteiger charge is -2.06. The summed E-state index contributed by atoms with van der Waals surface area (Å²) in [4.78, 5) is 5.13. The van der Waals surface area contributed by atoms with Crippen LogP contribution in [-0.4, -0.2) is 10.7 Å². The first-order valence-electron chi connectivity index (χ1n) is 7.66. The van der Waals surface area contributed by atoms with Gasteiger partial charge in [-0.2, -0.15) is 0 Å². The molecule has 2 heteroatoms. The Morgan fingerprint density at radius 1 is 0.818 bits per heavy atom. The van der Waals surface area contributed by atoms with Crippen molar-refractivity contribution in [2.24, 2.45) is 0 Å². The summed E-state index contributed by atoms with van der Waals surface area (Å²) in [5, 5.41) is 3.97. The van der Waals surface area contributed by atoms with Crippen LogP contribution < -0.4 is 0 Å². The van der Waals surface area contributed by atoms with Gasteiger partial charge in [0.25, 0.3) is 0 Å². The minimum absolute atomic E-state index is 1.09. The molecule has 0 fully saturated rings. The highest BCUT2D eigenvalue weighted by molar-refractivity contribution is 7.99. The van der Waals surface area contributed by atoms with E-state index in [2.05, 4.69) is 65.6 Å². The van der Waals surface area contributed by atoms with Crippen LogP contribution in [0, 0.1) is 0 Å². The first kappa shape index (κ1) is 12.4. The Morgan fingerprint density at radius 3 is 2.68 bits per heavy atom. The molecule has 22 heavy (non-hydrogen) atoms. The van der Waals surface area contributed by atoms with Gasteiger partial charge < -0.3 is 4.98 Å². The molecule has 3 aromatic carbocycles. The Morgan fingerprint density at radius 2 is 1.68 bits per heavy atom. The van der Waals surface area contributed by atoms with E-state index in [-0.39, 0.29) is 0 Å². The molecule has 1 aliphatic rings. The maximum atomic E-state index is 3.73. The fraction of sp³-hybridized carbons (Fsp3) is 0.100. The molecule has 1 aliphatic heterocycles. The second-order valence-electron chi connectivity index (χ2n) is 5.78. The third kappa shape index (κ3) is 1.68. The van der Waals surface area contributed by atoms with Gasteiger partial charge in [-0.25, -0.2) is 0 Å². The highest BCUT2D eigenvalue weighted by Gasteiger charge is 2.20. The van der Waals surface area contributed by atoms with E-state index in [0.29, 0.717) is 0 Å². The van der Waals surface area contributed by atoms with Crippen molar-refractivity contribution < 1.29 is 0 Å². The van der Waals surface area contributed by atoms with Gasteiger partial charge in [0.15, 0.2) is 0 Å². The summed E-state index contributed by atoms with van der Waals surface area (Å²) in [5.41, 5.74) is 5.44. The summed E-state index contributed by atoms with van der Waals surface area (Å²) < 4.78 is 0. The largest absolute Gasteiger partial charge is 0.357 e. The van der Waals surface area contributed by atoms with Gasteiger partial charge in [0.1, 0.15) is 0 Å². The molecule has 5 rings (SSSR count). The number of aromatic amines is 1. The number of benzene rings is 3. The average molecular weight is 301 g/mol. The molecular weight excluding hydrogens is 286 g/mol. The summed E-state index contributed by atoms with van der Waals surface area (Å²) in [6, 6.07) is 21.9. The maximum absolute atomic E-state index is 3.73. The van der Waals surface area contributed by atoms with Gasteiger partial charge in [0.2, 0.25) is 0 Å². The smallest absolute Gasteiger partial charge is 0.0542 e. The van der Waals surface area contributed by atoms with E-state index in [1.54, 1.807) is 0 Å². The third-order valence-electron chi connectivity index (χ3n) is 4.54. The van der Waals surface area contributed by atoms with E-state index in [1.165, 1.54) is 43.4 Å². The van der Waals surface area contributed by atoms with E-state index >= 15 is 0 Å². The zero-order valence-electron chi connectivity index (χ0n) is 12.1. The van der Waals surface area contributed by atoms with Crippen molar-refractivity contribution in [2.75, 3.05) is 5.75 Å². The van der Waals surface area contributed by atoms with Crippen LogP contribution in [0.2, 0.25) is 0 Å². The van der Waals surface area contributed by atoms with Crippen LogP contribution in [0.15, 0.2) is 65.6 Å². The van der Waals surface area contributed by atoms with Gasteiger partial charge in [-0.3, -0.25) is 0 Å². The lowest BCUT2D eigenvalue weighted by atomic mass is 9.99. The number of fused-ring (bicyclic) bond motifs is 7. The van der Waals surface area contributed by atoms with Crippen molar-refractivity contribution in [3.63, 3.8) is 0 Å². The first-order chi connectivity index (χ1) is 10.9. The van der Waals surface area contributed by atoms with Crippen molar-refractivity contribution in [3.05, 3.63) is 66.4 Å². The molecule has 0 saturated heterocycles. The summed E-state index contributed by atoms with van der Waals surface area (Å²) in [5.74, 6) is 1.13. The summed E-state index contributed by atoms with van der Waals surface area (Å²) in [6.45, 7) is 0. The normalized spacial score (nSPS) is 13.8. The Bertz CT molecular complexity index is 1010. The second kappa shape index (κ2) is 4.65. The van der Waals surface area contributed by atoms with E-state index in [9.17, 15) is 0 Å². The fourth-order valence-electron chi connectivity index (χ4n) is 3.55. The summed E-state index contributed by atoms with van der Waals surface area (Å²) in [6.07, 6.45) is 1.09. The molecule has 0 radical (unpaired) electrons. The number of hydrogen-bond acceptors (Lipinski definition) is 1. The van der Waals surface area contributed by atoms with Crippen LogP contribution in [0.25, 0.3) is 32.8 Å². The van der Waals surface area contributed by atoms with E-state index in [0.717, 1.165) is 12.2 Å². The maximum Gasteiger partial charge on any atom is 0.0542 e. The quantitative estimate of drug-likeness (QED) is 0.444. The summed E-state index contributed by atoms with van der Waals surface area (Å²) in [7, 11) is 0. The van der Waals surface area contributed by atoms with E-state index < -0.39 is 0 Å². The molecule has 106 valence electrons. The van der Waals surface area contributed by atoms with Crippen molar-refractivity contribution in [1.29, 1.82) is 0 Å². The van der Waals surface area contributed by atoms with Crippen LogP contribution in [0.4, 0.5) is 0 Å². The van der Waals surface area contributed by atoms with Gasteiger partial charge in [-0.1, -0.05) is 54.6 Å². The molecule has 2 heterocycles. The second-order valence-corrected chi connectivity index (χ2v) is 6.92. The van der Waals surface area contributed by atoms with E-state index in [1.807, 2.05) is 11.8 Å². The van der Waals surface area contributed by atoms with Gasteiger partial charge in [0, 0.05) is 32.7 Å². The number of H-pyrrole nitrogens is 1. The van der Waals surface area contributed by atoms with Gasteiger partial charge >= 0.3 is 0 Å². The number of hydrogen-bond donors (Lipinski definition) is 1. The van der Waals surface area contributed by atoms with E-state index in [4.69, 9.17) is 0 Å². The predicted molar refractivity (Wildman–Crippen MR) is 95.7 cm³/mol. The van der Waals surface area contributed by atoms with Crippen molar-refractivity contribution in [3.8, 4) is 11.1 Å². The first-order valence-corrected chi connectivity index (χ1v) is 8.65. The Labute approximate surface area is 133 Å². The standard InChI is InChI=1S/C20H15NS/c1-2-6-14-13(5-1)9-10-16-19-15-7-3-4-8-18(15)22-12-11-17(19)21-20(14)16/h1-10,21H,11-12H2. The number of aryl methyl sites for hydroxylation is 1. The Balaban J connectivity index is 1.94.